The summed E-state index contributed by atoms with van der Waals surface area (Å²) in [5.74, 6) is 4.37. The molecule has 0 saturated heterocycles. The zero-order valence-corrected chi connectivity index (χ0v) is 21.7. The summed E-state index contributed by atoms with van der Waals surface area (Å²) in [4.78, 5) is 11.7. The Bertz CT molecular complexity index is 739. The summed E-state index contributed by atoms with van der Waals surface area (Å²) in [6.07, 6.45) is 16.9. The van der Waals surface area contributed by atoms with Gasteiger partial charge in [0, 0.05) is 5.92 Å². The molecule has 0 bridgehead atoms. The molecule has 5 saturated carbocycles. The minimum Gasteiger partial charge on any atom is -0.303 e. The number of hydrogen-bond acceptors (Lipinski definition) is 1. The lowest BCUT2D eigenvalue weighted by atomic mass is 9.32. The van der Waals surface area contributed by atoms with Gasteiger partial charge in [-0.1, -0.05) is 54.9 Å². The second-order valence-electron chi connectivity index (χ2n) is 14.8. The van der Waals surface area contributed by atoms with E-state index in [-0.39, 0.29) is 5.92 Å². The summed E-state index contributed by atoms with van der Waals surface area (Å²) in [5.41, 5.74) is 2.52. The van der Waals surface area contributed by atoms with Crippen molar-refractivity contribution < 1.29 is 4.79 Å². The van der Waals surface area contributed by atoms with E-state index in [1.807, 2.05) is 0 Å². The number of carbonyl (C=O) groups is 1. The first-order chi connectivity index (χ1) is 14.4. The molecule has 5 fully saturated rings. The molecule has 5 aliphatic carbocycles. The maximum Gasteiger partial charge on any atom is 0.123 e. The first kappa shape index (κ1) is 22.5. The van der Waals surface area contributed by atoms with Crippen LogP contribution in [-0.4, -0.2) is 6.29 Å². The van der Waals surface area contributed by atoms with Crippen LogP contribution in [0.15, 0.2) is 0 Å². The van der Waals surface area contributed by atoms with Crippen LogP contribution >= 0.6 is 0 Å². The fourth-order valence-electron chi connectivity index (χ4n) is 12.1. The highest BCUT2D eigenvalue weighted by Crippen LogP contribution is 2.77. The van der Waals surface area contributed by atoms with Crippen molar-refractivity contribution in [3.8, 4) is 0 Å². The molecule has 0 aromatic carbocycles. The Kier molecular flexibility index (Phi) is 4.96. The van der Waals surface area contributed by atoms with Gasteiger partial charge in [0.05, 0.1) is 0 Å². The van der Waals surface area contributed by atoms with Gasteiger partial charge in [0.25, 0.3) is 0 Å². The molecule has 1 heteroatoms. The molecule has 1 nitrogen and oxygen atoms in total. The average molecular weight is 427 g/mol. The first-order valence-corrected chi connectivity index (χ1v) is 13.9. The van der Waals surface area contributed by atoms with E-state index >= 15 is 0 Å². The molecule has 0 aliphatic heterocycles. The summed E-state index contributed by atoms with van der Waals surface area (Å²) in [7, 11) is 0. The highest BCUT2D eigenvalue weighted by atomic mass is 16.1. The zero-order valence-electron chi connectivity index (χ0n) is 21.7. The van der Waals surface area contributed by atoms with Crippen molar-refractivity contribution >= 4 is 6.29 Å². The molecule has 0 N–H and O–H groups in total. The Balaban J connectivity index is 1.51. The molecule has 0 aromatic rings. The third-order valence-corrected chi connectivity index (χ3v) is 13.7. The van der Waals surface area contributed by atoms with Gasteiger partial charge >= 0.3 is 0 Å². The molecule has 5 rings (SSSR count). The van der Waals surface area contributed by atoms with Gasteiger partial charge in [-0.15, -0.1) is 0 Å². The van der Waals surface area contributed by atoms with Gasteiger partial charge in [0.2, 0.25) is 0 Å². The summed E-state index contributed by atoms with van der Waals surface area (Å²) < 4.78 is 0. The number of rotatable bonds is 2. The Morgan fingerprint density at radius 3 is 1.94 bits per heavy atom. The van der Waals surface area contributed by atoms with E-state index in [0.29, 0.717) is 33.0 Å². The van der Waals surface area contributed by atoms with E-state index in [1.54, 1.807) is 0 Å². The van der Waals surface area contributed by atoms with Gasteiger partial charge in [0.1, 0.15) is 6.29 Å². The highest BCUT2D eigenvalue weighted by Gasteiger charge is 2.70. The molecule has 5 aliphatic rings. The maximum absolute atomic E-state index is 11.7. The predicted octanol–water partition coefficient (Wildman–Crippen LogP) is 8.31. The van der Waals surface area contributed by atoms with Crippen LogP contribution in [0.25, 0.3) is 0 Å². The number of aldehydes is 1. The summed E-state index contributed by atoms with van der Waals surface area (Å²) in [5, 5.41) is 0. The first-order valence-electron chi connectivity index (χ1n) is 13.9. The molecule has 176 valence electrons. The van der Waals surface area contributed by atoms with Crippen molar-refractivity contribution in [3.05, 3.63) is 0 Å². The monoisotopic (exact) mass is 426 g/mol. The standard InChI is InChI=1S/C30H50O/c1-20(19-31)21-11-16-27(4)22(21)12-17-29(6)24(27)9-10-25-28(5)15-8-14-26(2,3)23(28)13-18-30(25,29)7/h19-25H,8-18H2,1-7H3/t20?,21-,22+,23+,24-,25-,27+,28+,29-,30-/m1/s1. The van der Waals surface area contributed by atoms with Gasteiger partial charge in [-0.2, -0.15) is 0 Å². The normalized spacial score (nSPS) is 56.5. The lowest BCUT2D eigenvalue weighted by Crippen LogP contribution is -2.65. The molecule has 0 spiro atoms. The van der Waals surface area contributed by atoms with Crippen LogP contribution in [0.5, 0.6) is 0 Å². The van der Waals surface area contributed by atoms with Crippen LogP contribution in [-0.2, 0) is 4.79 Å². The van der Waals surface area contributed by atoms with Crippen molar-refractivity contribution in [2.75, 3.05) is 0 Å². The molecular formula is C30H50O. The third kappa shape index (κ3) is 2.70. The fourth-order valence-corrected chi connectivity index (χ4v) is 12.1. The molecule has 0 amide bonds. The van der Waals surface area contributed by atoms with Gasteiger partial charge in [-0.25, -0.2) is 0 Å². The maximum atomic E-state index is 11.7. The van der Waals surface area contributed by atoms with Crippen molar-refractivity contribution in [3.63, 3.8) is 0 Å². The van der Waals surface area contributed by atoms with E-state index in [9.17, 15) is 4.79 Å². The van der Waals surface area contributed by atoms with Gasteiger partial charge in [-0.05, 0) is 121 Å². The molecule has 0 aromatic heterocycles. The van der Waals surface area contributed by atoms with Gasteiger partial charge in [0.15, 0.2) is 0 Å². The highest BCUT2D eigenvalue weighted by molar-refractivity contribution is 5.53. The smallest absolute Gasteiger partial charge is 0.123 e. The topological polar surface area (TPSA) is 17.1 Å². The average Bonchev–Trinajstić information content (AvgIpc) is 3.04. The van der Waals surface area contributed by atoms with E-state index < -0.39 is 0 Å². The van der Waals surface area contributed by atoms with E-state index in [1.165, 1.54) is 76.9 Å². The molecule has 31 heavy (non-hydrogen) atoms. The molecule has 10 atom stereocenters. The van der Waals surface area contributed by atoms with Crippen LogP contribution in [0.2, 0.25) is 0 Å². The second-order valence-corrected chi connectivity index (χ2v) is 14.8. The van der Waals surface area contributed by atoms with Crippen LogP contribution in [0.4, 0.5) is 0 Å². The van der Waals surface area contributed by atoms with Gasteiger partial charge < -0.3 is 4.79 Å². The second kappa shape index (κ2) is 6.85. The van der Waals surface area contributed by atoms with Crippen molar-refractivity contribution in [1.29, 1.82) is 0 Å². The SMILES string of the molecule is CC(C=O)[C@H]1CC[C@]2(C)[C@H]3CC[C@@H]4[C@@]5(C)CCCC(C)(C)[C@@H]5CC[C@@]4(C)[C@]3(C)CC[C@@H]12. The molecule has 1 unspecified atom stereocenters. The van der Waals surface area contributed by atoms with E-state index in [4.69, 9.17) is 0 Å². The molecular weight excluding hydrogens is 376 g/mol. The summed E-state index contributed by atoms with van der Waals surface area (Å²) >= 11 is 0. The Labute approximate surface area is 192 Å². The lowest BCUT2D eigenvalue weighted by Gasteiger charge is -2.73. The van der Waals surface area contributed by atoms with Crippen molar-refractivity contribution in [2.45, 2.75) is 119 Å². The third-order valence-electron chi connectivity index (χ3n) is 13.7. The Morgan fingerprint density at radius 1 is 0.677 bits per heavy atom. The van der Waals surface area contributed by atoms with Gasteiger partial charge in [-0.3, -0.25) is 0 Å². The number of fused-ring (bicyclic) bond motifs is 7. The van der Waals surface area contributed by atoms with Crippen LogP contribution < -0.4 is 0 Å². The number of carbonyl (C=O) groups excluding carboxylic acids is 1. The number of hydrogen-bond donors (Lipinski definition) is 0. The molecule has 0 heterocycles. The molecule has 0 radical (unpaired) electrons. The van der Waals surface area contributed by atoms with Crippen LogP contribution in [0, 0.1) is 62.6 Å². The quantitative estimate of drug-likeness (QED) is 0.406. The van der Waals surface area contributed by atoms with Crippen LogP contribution in [0.3, 0.4) is 0 Å². The minimum absolute atomic E-state index is 0.252. The van der Waals surface area contributed by atoms with E-state index in [0.717, 1.165) is 23.7 Å². The van der Waals surface area contributed by atoms with Crippen molar-refractivity contribution in [1.82, 2.24) is 0 Å². The van der Waals surface area contributed by atoms with Crippen molar-refractivity contribution in [2.24, 2.45) is 62.6 Å². The van der Waals surface area contributed by atoms with E-state index in [2.05, 4.69) is 48.5 Å². The zero-order chi connectivity index (χ0) is 22.4. The lowest BCUT2D eigenvalue weighted by molar-refractivity contribution is -0.241. The predicted molar refractivity (Wildman–Crippen MR) is 130 cm³/mol. The summed E-state index contributed by atoms with van der Waals surface area (Å²) in [6.45, 7) is 18.3. The minimum atomic E-state index is 0.252. The fraction of sp³-hybridized carbons (Fsp3) is 0.967. The Morgan fingerprint density at radius 2 is 1.29 bits per heavy atom. The van der Waals surface area contributed by atoms with Crippen LogP contribution in [0.1, 0.15) is 119 Å². The summed E-state index contributed by atoms with van der Waals surface area (Å²) in [6, 6.07) is 0. The Hall–Kier alpha value is -0.330. The largest absolute Gasteiger partial charge is 0.303 e.